The fourth-order valence-corrected chi connectivity index (χ4v) is 2.69. The molecule has 1 aromatic carbocycles. The molecule has 3 rings (SSSR count). The molecule has 0 bridgehead atoms. The molecule has 1 saturated heterocycles. The maximum atomic E-state index is 12.2. The van der Waals surface area contributed by atoms with Gasteiger partial charge in [-0.3, -0.25) is 4.79 Å². The third kappa shape index (κ3) is 4.51. The van der Waals surface area contributed by atoms with Gasteiger partial charge in [0.15, 0.2) is 0 Å². The number of nitrogens with one attached hydrogen (secondary N) is 2. The molecule has 8 heteroatoms. The van der Waals surface area contributed by atoms with Crippen LogP contribution in [-0.2, 0) is 0 Å². The summed E-state index contributed by atoms with van der Waals surface area (Å²) in [6.07, 6.45) is 1.77. The van der Waals surface area contributed by atoms with Crippen molar-refractivity contribution in [3.8, 4) is 0 Å². The third-order valence-electron chi connectivity index (χ3n) is 3.65. The first-order valence-corrected chi connectivity index (χ1v) is 8.07. The molecule has 24 heavy (non-hydrogen) atoms. The van der Waals surface area contributed by atoms with Crippen molar-refractivity contribution in [2.45, 2.75) is 0 Å². The number of hydrogen-bond donors (Lipinski definition) is 2. The van der Waals surface area contributed by atoms with Gasteiger partial charge in [-0.1, -0.05) is 23.2 Å². The number of nitrogens with zero attached hydrogens (tertiary/aromatic N) is 2. The average molecular weight is 388 g/mol. The van der Waals surface area contributed by atoms with Crippen molar-refractivity contribution in [1.29, 1.82) is 0 Å². The Kier molecular flexibility index (Phi) is 6.69. The first-order chi connectivity index (χ1) is 11.1. The van der Waals surface area contributed by atoms with E-state index in [0.29, 0.717) is 21.4 Å². The van der Waals surface area contributed by atoms with Crippen molar-refractivity contribution in [2.24, 2.45) is 0 Å². The number of amides is 1. The van der Waals surface area contributed by atoms with E-state index in [9.17, 15) is 4.79 Å². The van der Waals surface area contributed by atoms with Gasteiger partial charge < -0.3 is 15.5 Å². The van der Waals surface area contributed by atoms with Gasteiger partial charge in [-0.2, -0.15) is 0 Å². The first-order valence-electron chi connectivity index (χ1n) is 7.31. The second-order valence-corrected chi connectivity index (χ2v) is 6.04. The lowest BCUT2D eigenvalue weighted by atomic mass is 10.2. The summed E-state index contributed by atoms with van der Waals surface area (Å²) in [7, 11) is 0. The highest BCUT2D eigenvalue weighted by Crippen LogP contribution is 2.23. The summed E-state index contributed by atoms with van der Waals surface area (Å²) < 4.78 is 0. The molecule has 1 amide bonds. The molecule has 1 aromatic heterocycles. The van der Waals surface area contributed by atoms with Gasteiger partial charge in [-0.25, -0.2) is 4.98 Å². The second-order valence-electron chi connectivity index (χ2n) is 5.22. The lowest BCUT2D eigenvalue weighted by molar-refractivity contribution is 0.102. The molecule has 2 aromatic rings. The number of halogens is 3. The average Bonchev–Trinajstić information content (AvgIpc) is 2.59. The van der Waals surface area contributed by atoms with Crippen LogP contribution in [0.4, 0.5) is 11.5 Å². The molecular weight excluding hydrogens is 371 g/mol. The van der Waals surface area contributed by atoms with E-state index in [4.69, 9.17) is 23.2 Å². The standard InChI is InChI=1S/C16H16Cl2N4O.ClH/c17-13-3-1-11(9-14(13)18)16(23)21-15-4-2-12(10-20-15)22-7-5-19-6-8-22;/h1-4,9-10,19H,5-8H2,(H,20,21,23);1H. The van der Waals surface area contributed by atoms with Crippen LogP contribution in [0.15, 0.2) is 36.5 Å². The van der Waals surface area contributed by atoms with Gasteiger partial charge in [0.2, 0.25) is 0 Å². The Balaban J connectivity index is 0.00000208. The molecular formula is C16H17Cl3N4O. The van der Waals surface area contributed by atoms with Crippen LogP contribution in [0.5, 0.6) is 0 Å². The number of carbonyl (C=O) groups excluding carboxylic acids is 1. The molecule has 0 spiro atoms. The van der Waals surface area contributed by atoms with E-state index in [1.165, 1.54) is 6.07 Å². The van der Waals surface area contributed by atoms with Crippen LogP contribution in [0.2, 0.25) is 10.0 Å². The van der Waals surface area contributed by atoms with E-state index in [0.717, 1.165) is 31.9 Å². The van der Waals surface area contributed by atoms with Gasteiger partial charge in [0.05, 0.1) is 21.9 Å². The summed E-state index contributed by atoms with van der Waals surface area (Å²) in [5.41, 5.74) is 1.49. The Morgan fingerprint density at radius 3 is 2.50 bits per heavy atom. The van der Waals surface area contributed by atoms with Gasteiger partial charge in [-0.15, -0.1) is 12.4 Å². The molecule has 1 aliphatic rings. The predicted molar refractivity (Wildman–Crippen MR) is 101 cm³/mol. The maximum absolute atomic E-state index is 12.2. The number of benzene rings is 1. The number of hydrogen-bond acceptors (Lipinski definition) is 4. The molecule has 2 N–H and O–H groups in total. The highest BCUT2D eigenvalue weighted by atomic mass is 35.5. The van der Waals surface area contributed by atoms with E-state index < -0.39 is 0 Å². The maximum Gasteiger partial charge on any atom is 0.256 e. The molecule has 0 radical (unpaired) electrons. The predicted octanol–water partition coefficient (Wildman–Crippen LogP) is 3.47. The number of piperazine rings is 1. The normalized spacial score (nSPS) is 14.0. The molecule has 0 atom stereocenters. The zero-order valence-electron chi connectivity index (χ0n) is 12.8. The SMILES string of the molecule is Cl.O=C(Nc1ccc(N2CCNCC2)cn1)c1ccc(Cl)c(Cl)c1. The molecule has 2 heterocycles. The van der Waals surface area contributed by atoms with Crippen LogP contribution in [0.3, 0.4) is 0 Å². The second kappa shape index (κ2) is 8.53. The van der Waals surface area contributed by atoms with Crippen molar-refractivity contribution in [2.75, 3.05) is 36.4 Å². The summed E-state index contributed by atoms with van der Waals surface area (Å²) >= 11 is 11.8. The number of rotatable bonds is 3. The molecule has 1 aliphatic heterocycles. The minimum absolute atomic E-state index is 0. The highest BCUT2D eigenvalue weighted by molar-refractivity contribution is 6.42. The third-order valence-corrected chi connectivity index (χ3v) is 4.39. The Bertz CT molecular complexity index is 703. The van der Waals surface area contributed by atoms with Crippen LogP contribution in [0.25, 0.3) is 0 Å². The lowest BCUT2D eigenvalue weighted by Crippen LogP contribution is -2.43. The van der Waals surface area contributed by atoms with Crippen molar-refractivity contribution in [3.63, 3.8) is 0 Å². The van der Waals surface area contributed by atoms with E-state index in [1.807, 2.05) is 6.07 Å². The molecule has 0 unspecified atom stereocenters. The zero-order chi connectivity index (χ0) is 16.2. The summed E-state index contributed by atoms with van der Waals surface area (Å²) in [6.45, 7) is 3.85. The van der Waals surface area contributed by atoms with Crippen molar-refractivity contribution in [1.82, 2.24) is 10.3 Å². The van der Waals surface area contributed by atoms with Crippen molar-refractivity contribution >= 4 is 53.0 Å². The molecule has 128 valence electrons. The summed E-state index contributed by atoms with van der Waals surface area (Å²) in [4.78, 5) is 18.8. The van der Waals surface area contributed by atoms with Gasteiger partial charge >= 0.3 is 0 Å². The van der Waals surface area contributed by atoms with E-state index in [2.05, 4.69) is 20.5 Å². The largest absolute Gasteiger partial charge is 0.368 e. The summed E-state index contributed by atoms with van der Waals surface area (Å²) in [6, 6.07) is 8.52. The molecule has 5 nitrogen and oxygen atoms in total. The van der Waals surface area contributed by atoms with Crippen LogP contribution in [0.1, 0.15) is 10.4 Å². The minimum Gasteiger partial charge on any atom is -0.368 e. The summed E-state index contributed by atoms with van der Waals surface area (Å²) in [5.74, 6) is 0.228. The van der Waals surface area contributed by atoms with Gasteiger partial charge in [0.25, 0.3) is 5.91 Å². The van der Waals surface area contributed by atoms with Crippen molar-refractivity contribution in [3.05, 3.63) is 52.1 Å². The van der Waals surface area contributed by atoms with E-state index in [-0.39, 0.29) is 18.3 Å². The quantitative estimate of drug-likeness (QED) is 0.846. The first kappa shape index (κ1) is 18.8. The van der Waals surface area contributed by atoms with Gasteiger partial charge in [0, 0.05) is 31.7 Å². The fourth-order valence-electron chi connectivity index (χ4n) is 2.40. The van der Waals surface area contributed by atoms with Gasteiger partial charge in [-0.05, 0) is 30.3 Å². The molecule has 0 saturated carbocycles. The smallest absolute Gasteiger partial charge is 0.256 e. The van der Waals surface area contributed by atoms with Crippen molar-refractivity contribution < 1.29 is 4.79 Å². The number of pyridine rings is 1. The Morgan fingerprint density at radius 2 is 1.88 bits per heavy atom. The summed E-state index contributed by atoms with van der Waals surface area (Å²) in [5, 5.41) is 6.83. The van der Waals surface area contributed by atoms with Crippen LogP contribution < -0.4 is 15.5 Å². The molecule has 0 aliphatic carbocycles. The molecule has 1 fully saturated rings. The minimum atomic E-state index is -0.272. The Labute approximate surface area is 156 Å². The van der Waals surface area contributed by atoms with E-state index in [1.54, 1.807) is 24.4 Å². The van der Waals surface area contributed by atoms with Crippen LogP contribution in [0, 0.1) is 0 Å². The Morgan fingerprint density at radius 1 is 1.12 bits per heavy atom. The monoisotopic (exact) mass is 386 g/mol. The topological polar surface area (TPSA) is 57.3 Å². The highest BCUT2D eigenvalue weighted by Gasteiger charge is 2.12. The van der Waals surface area contributed by atoms with Crippen LogP contribution in [-0.4, -0.2) is 37.1 Å². The lowest BCUT2D eigenvalue weighted by Gasteiger charge is -2.29. The number of aromatic nitrogens is 1. The zero-order valence-corrected chi connectivity index (χ0v) is 15.1. The van der Waals surface area contributed by atoms with Crippen LogP contribution >= 0.6 is 35.6 Å². The van der Waals surface area contributed by atoms with E-state index >= 15 is 0 Å². The number of carbonyl (C=O) groups is 1. The fraction of sp³-hybridized carbons (Fsp3) is 0.250. The Hall–Kier alpha value is -1.53. The number of anilines is 2. The van der Waals surface area contributed by atoms with Gasteiger partial charge in [0.1, 0.15) is 5.82 Å².